The van der Waals surface area contributed by atoms with E-state index in [0.717, 1.165) is 0 Å². The van der Waals surface area contributed by atoms with E-state index in [-0.39, 0.29) is 0 Å². The average Bonchev–Trinajstić information content (AvgIpc) is 2.40. The van der Waals surface area contributed by atoms with Crippen LogP contribution < -0.4 is 5.32 Å². The molecule has 1 aromatic carbocycles. The molecule has 0 aromatic heterocycles. The number of piperidine rings is 1. The van der Waals surface area contributed by atoms with Gasteiger partial charge in [-0.3, -0.25) is 0 Å². The van der Waals surface area contributed by atoms with E-state index >= 15 is 0 Å². The first-order valence-electron chi connectivity index (χ1n) is 7.28. The number of hydrogen-bond donors (Lipinski definition) is 1. The van der Waals surface area contributed by atoms with E-state index in [9.17, 15) is 0 Å². The third-order valence-electron chi connectivity index (χ3n) is 3.98. The second-order valence-corrected chi connectivity index (χ2v) is 5.63. The van der Waals surface area contributed by atoms with Crippen LogP contribution >= 0.6 is 0 Å². The van der Waals surface area contributed by atoms with Gasteiger partial charge >= 0.3 is 0 Å². The summed E-state index contributed by atoms with van der Waals surface area (Å²) in [5, 5.41) is 3.66. The van der Waals surface area contributed by atoms with E-state index in [1.54, 1.807) is 0 Å². The molecule has 1 N–H and O–H groups in total. The molecule has 0 aliphatic carbocycles. The number of nitrogens with zero attached hydrogens (tertiary/aromatic N) is 1. The Morgan fingerprint density at radius 1 is 1.17 bits per heavy atom. The summed E-state index contributed by atoms with van der Waals surface area (Å²) in [4.78, 5) is 2.53. The van der Waals surface area contributed by atoms with E-state index < -0.39 is 0 Å². The van der Waals surface area contributed by atoms with Gasteiger partial charge in [-0.05, 0) is 43.0 Å². The van der Waals surface area contributed by atoms with Crippen LogP contribution in [0.3, 0.4) is 0 Å². The van der Waals surface area contributed by atoms with Gasteiger partial charge in [0, 0.05) is 24.8 Å². The van der Waals surface area contributed by atoms with E-state index in [0.29, 0.717) is 12.0 Å². The smallest absolute Gasteiger partial charge is 0.0342 e. The van der Waals surface area contributed by atoms with Crippen LogP contribution in [0, 0.1) is 0 Å². The number of rotatable bonds is 4. The van der Waals surface area contributed by atoms with Crippen molar-refractivity contribution in [3.63, 3.8) is 0 Å². The molecule has 1 aliphatic heterocycles. The fourth-order valence-electron chi connectivity index (χ4n) is 2.59. The van der Waals surface area contributed by atoms with Gasteiger partial charge in [-0.2, -0.15) is 0 Å². The molecule has 0 amide bonds. The predicted octanol–water partition coefficient (Wildman–Crippen LogP) is 3.71. The molecule has 100 valence electrons. The Balaban J connectivity index is 1.86. The molecule has 1 aromatic rings. The first kappa shape index (κ1) is 13.4. The molecule has 1 fully saturated rings. The lowest BCUT2D eigenvalue weighted by atomic mass is 10.0. The molecular weight excluding hydrogens is 220 g/mol. The van der Waals surface area contributed by atoms with Crippen LogP contribution in [0.5, 0.6) is 0 Å². The Kier molecular flexibility index (Phi) is 4.65. The molecule has 0 spiro atoms. The summed E-state index contributed by atoms with van der Waals surface area (Å²) in [6.07, 6.45) is 2.53. The zero-order chi connectivity index (χ0) is 13.0. The molecule has 0 bridgehead atoms. The van der Waals surface area contributed by atoms with Gasteiger partial charge in [0.25, 0.3) is 0 Å². The zero-order valence-electron chi connectivity index (χ0n) is 11.9. The summed E-state index contributed by atoms with van der Waals surface area (Å²) >= 11 is 0. The minimum absolute atomic E-state index is 0.617. The van der Waals surface area contributed by atoms with Crippen LogP contribution in [0.2, 0.25) is 0 Å². The molecule has 2 heteroatoms. The molecule has 2 rings (SSSR count). The maximum atomic E-state index is 3.66. The molecule has 0 atom stereocenters. The number of hydrogen-bond acceptors (Lipinski definition) is 2. The maximum absolute atomic E-state index is 3.66. The Hall–Kier alpha value is -1.02. The Morgan fingerprint density at radius 2 is 1.78 bits per heavy atom. The predicted molar refractivity (Wildman–Crippen MR) is 79.3 cm³/mol. The first-order valence-corrected chi connectivity index (χ1v) is 7.28. The highest BCUT2D eigenvalue weighted by Gasteiger charge is 2.17. The SMILES string of the molecule is CCN1CCC(Nc2ccc(C(C)C)cc2)CC1. The second kappa shape index (κ2) is 6.24. The highest BCUT2D eigenvalue weighted by molar-refractivity contribution is 5.46. The van der Waals surface area contributed by atoms with E-state index in [2.05, 4.69) is 55.3 Å². The van der Waals surface area contributed by atoms with Crippen molar-refractivity contribution in [2.45, 2.75) is 45.6 Å². The number of likely N-dealkylation sites (tertiary alicyclic amines) is 1. The zero-order valence-corrected chi connectivity index (χ0v) is 11.9. The Labute approximate surface area is 111 Å². The summed E-state index contributed by atoms with van der Waals surface area (Å²) in [6.45, 7) is 10.4. The number of anilines is 1. The van der Waals surface area contributed by atoms with Gasteiger partial charge in [0.2, 0.25) is 0 Å². The van der Waals surface area contributed by atoms with Gasteiger partial charge in [-0.25, -0.2) is 0 Å². The lowest BCUT2D eigenvalue weighted by Crippen LogP contribution is -2.38. The third kappa shape index (κ3) is 3.49. The van der Waals surface area contributed by atoms with Gasteiger partial charge in [0.1, 0.15) is 0 Å². The minimum atomic E-state index is 0.617. The van der Waals surface area contributed by atoms with Crippen molar-refractivity contribution in [2.24, 2.45) is 0 Å². The van der Waals surface area contributed by atoms with Crippen LogP contribution in [0.4, 0.5) is 5.69 Å². The lowest BCUT2D eigenvalue weighted by Gasteiger charge is -2.32. The lowest BCUT2D eigenvalue weighted by molar-refractivity contribution is 0.229. The molecule has 0 saturated carbocycles. The van der Waals surface area contributed by atoms with Crippen LogP contribution in [0.25, 0.3) is 0 Å². The normalized spacial score (nSPS) is 18.2. The molecule has 1 heterocycles. The minimum Gasteiger partial charge on any atom is -0.382 e. The summed E-state index contributed by atoms with van der Waals surface area (Å²) in [6, 6.07) is 9.59. The van der Waals surface area contributed by atoms with Gasteiger partial charge in [-0.15, -0.1) is 0 Å². The fraction of sp³-hybridized carbons (Fsp3) is 0.625. The summed E-state index contributed by atoms with van der Waals surface area (Å²) in [7, 11) is 0. The van der Waals surface area contributed by atoms with Crippen molar-refractivity contribution in [3.05, 3.63) is 29.8 Å². The highest BCUT2D eigenvalue weighted by Crippen LogP contribution is 2.20. The van der Waals surface area contributed by atoms with E-state index in [4.69, 9.17) is 0 Å². The van der Waals surface area contributed by atoms with Crippen LogP contribution in [-0.2, 0) is 0 Å². The summed E-state index contributed by atoms with van der Waals surface area (Å²) in [5.74, 6) is 0.617. The van der Waals surface area contributed by atoms with Gasteiger partial charge in [0.05, 0.1) is 0 Å². The van der Waals surface area contributed by atoms with E-state index in [1.165, 1.54) is 43.7 Å². The highest BCUT2D eigenvalue weighted by atomic mass is 15.1. The van der Waals surface area contributed by atoms with Crippen LogP contribution in [0.1, 0.15) is 45.1 Å². The molecule has 2 nitrogen and oxygen atoms in total. The van der Waals surface area contributed by atoms with Gasteiger partial charge in [-0.1, -0.05) is 32.9 Å². The Bertz CT molecular complexity index is 348. The summed E-state index contributed by atoms with van der Waals surface area (Å²) < 4.78 is 0. The third-order valence-corrected chi connectivity index (χ3v) is 3.98. The van der Waals surface area contributed by atoms with Crippen molar-refractivity contribution in [2.75, 3.05) is 25.0 Å². The largest absolute Gasteiger partial charge is 0.382 e. The molecule has 1 saturated heterocycles. The fourth-order valence-corrected chi connectivity index (χ4v) is 2.59. The second-order valence-electron chi connectivity index (χ2n) is 5.63. The van der Waals surface area contributed by atoms with Crippen molar-refractivity contribution in [3.8, 4) is 0 Å². The molecule has 1 aliphatic rings. The molecule has 18 heavy (non-hydrogen) atoms. The number of nitrogens with one attached hydrogen (secondary N) is 1. The van der Waals surface area contributed by atoms with Crippen molar-refractivity contribution >= 4 is 5.69 Å². The first-order chi connectivity index (χ1) is 8.69. The van der Waals surface area contributed by atoms with Crippen molar-refractivity contribution < 1.29 is 0 Å². The molecular formula is C16H26N2. The topological polar surface area (TPSA) is 15.3 Å². The average molecular weight is 246 g/mol. The standard InChI is InChI=1S/C16H26N2/c1-4-18-11-9-16(10-12-18)17-15-7-5-14(6-8-15)13(2)3/h5-8,13,16-17H,4,9-12H2,1-3H3. The van der Waals surface area contributed by atoms with E-state index in [1.807, 2.05) is 0 Å². The molecule has 0 radical (unpaired) electrons. The number of benzene rings is 1. The van der Waals surface area contributed by atoms with Gasteiger partial charge in [0.15, 0.2) is 0 Å². The van der Waals surface area contributed by atoms with Crippen molar-refractivity contribution in [1.29, 1.82) is 0 Å². The maximum Gasteiger partial charge on any atom is 0.0342 e. The monoisotopic (exact) mass is 246 g/mol. The van der Waals surface area contributed by atoms with Crippen molar-refractivity contribution in [1.82, 2.24) is 4.90 Å². The van der Waals surface area contributed by atoms with Gasteiger partial charge < -0.3 is 10.2 Å². The summed E-state index contributed by atoms with van der Waals surface area (Å²) in [5.41, 5.74) is 2.69. The molecule has 0 unspecified atom stereocenters. The Morgan fingerprint density at radius 3 is 2.28 bits per heavy atom. The van der Waals surface area contributed by atoms with Crippen LogP contribution in [-0.4, -0.2) is 30.6 Å². The van der Waals surface area contributed by atoms with Crippen LogP contribution in [0.15, 0.2) is 24.3 Å². The quantitative estimate of drug-likeness (QED) is 0.871.